The predicted molar refractivity (Wildman–Crippen MR) is 79.0 cm³/mol. The average Bonchev–Trinajstić information content (AvgIpc) is 2.96. The number of rotatable bonds is 7. The molecule has 2 rings (SSSR count). The van der Waals surface area contributed by atoms with Gasteiger partial charge in [-0.3, -0.25) is 4.79 Å². The SMILES string of the molecule is O=C(CCC1CCNC1)NCCCC1CCCCC1. The lowest BCUT2D eigenvalue weighted by molar-refractivity contribution is -0.121. The molecule has 0 bridgehead atoms. The van der Waals surface area contributed by atoms with Crippen molar-refractivity contribution < 1.29 is 4.79 Å². The molecule has 3 heteroatoms. The lowest BCUT2D eigenvalue weighted by atomic mass is 9.86. The van der Waals surface area contributed by atoms with Crippen LogP contribution in [0.3, 0.4) is 0 Å². The predicted octanol–water partition coefficient (Wildman–Crippen LogP) is 2.85. The van der Waals surface area contributed by atoms with Crippen molar-refractivity contribution in [2.45, 2.75) is 64.2 Å². The van der Waals surface area contributed by atoms with Crippen molar-refractivity contribution in [3.05, 3.63) is 0 Å². The molecule has 110 valence electrons. The molecule has 3 nitrogen and oxygen atoms in total. The third-order valence-electron chi connectivity index (χ3n) is 4.78. The Kier molecular flexibility index (Phi) is 6.69. The van der Waals surface area contributed by atoms with Crippen LogP contribution in [0.15, 0.2) is 0 Å². The van der Waals surface area contributed by atoms with Gasteiger partial charge < -0.3 is 10.6 Å². The van der Waals surface area contributed by atoms with Crippen LogP contribution in [-0.2, 0) is 4.79 Å². The smallest absolute Gasteiger partial charge is 0.220 e. The van der Waals surface area contributed by atoms with Gasteiger partial charge in [-0.1, -0.05) is 32.1 Å². The molecule has 2 aliphatic rings. The summed E-state index contributed by atoms with van der Waals surface area (Å²) in [6, 6.07) is 0. The van der Waals surface area contributed by atoms with Gasteiger partial charge in [0.15, 0.2) is 0 Å². The van der Waals surface area contributed by atoms with Gasteiger partial charge in [0.1, 0.15) is 0 Å². The molecule has 1 atom stereocenters. The topological polar surface area (TPSA) is 41.1 Å². The maximum atomic E-state index is 11.7. The quantitative estimate of drug-likeness (QED) is 0.696. The van der Waals surface area contributed by atoms with E-state index in [1.54, 1.807) is 0 Å². The summed E-state index contributed by atoms with van der Waals surface area (Å²) in [5.41, 5.74) is 0. The summed E-state index contributed by atoms with van der Waals surface area (Å²) in [6.45, 7) is 3.13. The standard InChI is InChI=1S/C16H30N2O/c19-16(9-8-15-10-12-17-13-15)18-11-4-7-14-5-2-1-3-6-14/h14-15,17H,1-13H2,(H,18,19). The zero-order valence-corrected chi connectivity index (χ0v) is 12.3. The van der Waals surface area contributed by atoms with Crippen LogP contribution in [0.5, 0.6) is 0 Å². The van der Waals surface area contributed by atoms with Crippen LogP contribution >= 0.6 is 0 Å². The summed E-state index contributed by atoms with van der Waals surface area (Å²) in [5.74, 6) is 1.93. The number of carbonyl (C=O) groups is 1. The van der Waals surface area contributed by atoms with Crippen molar-refractivity contribution in [3.8, 4) is 0 Å². The van der Waals surface area contributed by atoms with E-state index in [4.69, 9.17) is 0 Å². The minimum absolute atomic E-state index is 0.260. The van der Waals surface area contributed by atoms with Gasteiger partial charge in [-0.05, 0) is 50.6 Å². The van der Waals surface area contributed by atoms with Gasteiger partial charge in [-0.2, -0.15) is 0 Å². The Balaban J connectivity index is 1.44. The van der Waals surface area contributed by atoms with E-state index in [1.165, 1.54) is 51.4 Å². The van der Waals surface area contributed by atoms with E-state index >= 15 is 0 Å². The molecular formula is C16H30N2O. The lowest BCUT2D eigenvalue weighted by Gasteiger charge is -2.21. The highest BCUT2D eigenvalue weighted by Crippen LogP contribution is 2.26. The number of carbonyl (C=O) groups excluding carboxylic acids is 1. The summed E-state index contributed by atoms with van der Waals surface area (Å²) in [6.07, 6.45) is 12.6. The van der Waals surface area contributed by atoms with Crippen LogP contribution < -0.4 is 10.6 Å². The van der Waals surface area contributed by atoms with Crippen LogP contribution in [0.1, 0.15) is 64.2 Å². The zero-order chi connectivity index (χ0) is 13.3. The molecule has 0 spiro atoms. The molecule has 19 heavy (non-hydrogen) atoms. The van der Waals surface area contributed by atoms with Crippen molar-refractivity contribution >= 4 is 5.91 Å². The molecule has 0 aromatic rings. The molecule has 0 aromatic carbocycles. The number of amides is 1. The summed E-state index contributed by atoms with van der Waals surface area (Å²) >= 11 is 0. The van der Waals surface area contributed by atoms with Crippen LogP contribution in [-0.4, -0.2) is 25.5 Å². The minimum atomic E-state index is 0.260. The Morgan fingerprint density at radius 2 is 1.89 bits per heavy atom. The second kappa shape index (κ2) is 8.57. The van der Waals surface area contributed by atoms with E-state index in [0.29, 0.717) is 0 Å². The van der Waals surface area contributed by atoms with Gasteiger partial charge in [0.2, 0.25) is 5.91 Å². The summed E-state index contributed by atoms with van der Waals surface area (Å²) in [7, 11) is 0. The fraction of sp³-hybridized carbons (Fsp3) is 0.938. The first kappa shape index (κ1) is 14.8. The first-order valence-electron chi connectivity index (χ1n) is 8.32. The number of hydrogen-bond acceptors (Lipinski definition) is 2. The maximum Gasteiger partial charge on any atom is 0.220 e. The van der Waals surface area contributed by atoms with E-state index < -0.39 is 0 Å². The van der Waals surface area contributed by atoms with Crippen molar-refractivity contribution in [1.29, 1.82) is 0 Å². The first-order chi connectivity index (χ1) is 9.34. The maximum absolute atomic E-state index is 11.7. The second-order valence-corrected chi connectivity index (χ2v) is 6.39. The number of nitrogens with one attached hydrogen (secondary N) is 2. The largest absolute Gasteiger partial charge is 0.356 e. The molecule has 1 amide bonds. The van der Waals surface area contributed by atoms with E-state index in [0.717, 1.165) is 44.3 Å². The normalized spacial score (nSPS) is 24.5. The molecule has 1 heterocycles. The van der Waals surface area contributed by atoms with Crippen molar-refractivity contribution in [1.82, 2.24) is 10.6 Å². The molecule has 1 aliphatic carbocycles. The third kappa shape index (κ3) is 5.94. The van der Waals surface area contributed by atoms with Crippen molar-refractivity contribution in [3.63, 3.8) is 0 Å². The van der Waals surface area contributed by atoms with E-state index in [2.05, 4.69) is 10.6 Å². The molecular weight excluding hydrogens is 236 g/mol. The summed E-state index contributed by atoms with van der Waals surface area (Å²) in [5, 5.41) is 6.44. The Bertz CT molecular complexity index is 255. The van der Waals surface area contributed by atoms with Gasteiger partial charge in [0.25, 0.3) is 0 Å². The molecule has 0 radical (unpaired) electrons. The van der Waals surface area contributed by atoms with E-state index in [9.17, 15) is 4.79 Å². The van der Waals surface area contributed by atoms with E-state index in [1.807, 2.05) is 0 Å². The molecule has 0 aromatic heterocycles. The van der Waals surface area contributed by atoms with Gasteiger partial charge in [0, 0.05) is 13.0 Å². The molecule has 1 aliphatic heterocycles. The zero-order valence-electron chi connectivity index (χ0n) is 12.3. The number of hydrogen-bond donors (Lipinski definition) is 2. The van der Waals surface area contributed by atoms with Gasteiger partial charge in [0.05, 0.1) is 0 Å². The van der Waals surface area contributed by atoms with Crippen molar-refractivity contribution in [2.75, 3.05) is 19.6 Å². The van der Waals surface area contributed by atoms with Crippen LogP contribution in [0.2, 0.25) is 0 Å². The fourth-order valence-electron chi connectivity index (χ4n) is 3.48. The summed E-state index contributed by atoms with van der Waals surface area (Å²) in [4.78, 5) is 11.7. The lowest BCUT2D eigenvalue weighted by Crippen LogP contribution is -2.25. The highest BCUT2D eigenvalue weighted by atomic mass is 16.1. The van der Waals surface area contributed by atoms with Gasteiger partial charge in [-0.15, -0.1) is 0 Å². The Morgan fingerprint density at radius 1 is 1.05 bits per heavy atom. The first-order valence-corrected chi connectivity index (χ1v) is 8.32. The van der Waals surface area contributed by atoms with Crippen molar-refractivity contribution in [2.24, 2.45) is 11.8 Å². The summed E-state index contributed by atoms with van der Waals surface area (Å²) < 4.78 is 0. The van der Waals surface area contributed by atoms with Gasteiger partial charge >= 0.3 is 0 Å². The van der Waals surface area contributed by atoms with Gasteiger partial charge in [-0.25, -0.2) is 0 Å². The Labute approximate surface area is 117 Å². The molecule has 2 N–H and O–H groups in total. The molecule has 1 saturated heterocycles. The third-order valence-corrected chi connectivity index (χ3v) is 4.78. The monoisotopic (exact) mass is 266 g/mol. The average molecular weight is 266 g/mol. The molecule has 2 fully saturated rings. The van der Waals surface area contributed by atoms with Crippen LogP contribution in [0.4, 0.5) is 0 Å². The Hall–Kier alpha value is -0.570. The highest BCUT2D eigenvalue weighted by Gasteiger charge is 2.16. The molecule has 1 unspecified atom stereocenters. The van der Waals surface area contributed by atoms with Crippen LogP contribution in [0, 0.1) is 11.8 Å². The minimum Gasteiger partial charge on any atom is -0.356 e. The van der Waals surface area contributed by atoms with E-state index in [-0.39, 0.29) is 5.91 Å². The van der Waals surface area contributed by atoms with Crippen LogP contribution in [0.25, 0.3) is 0 Å². The second-order valence-electron chi connectivity index (χ2n) is 6.39. The Morgan fingerprint density at radius 3 is 2.63 bits per heavy atom. The fourth-order valence-corrected chi connectivity index (χ4v) is 3.48. The highest BCUT2D eigenvalue weighted by molar-refractivity contribution is 5.75. The molecule has 1 saturated carbocycles.